The third-order valence-electron chi connectivity index (χ3n) is 3.65. The van der Waals surface area contributed by atoms with Gasteiger partial charge in [0.1, 0.15) is 0 Å². The van der Waals surface area contributed by atoms with Crippen molar-refractivity contribution in [2.75, 3.05) is 13.7 Å². The second-order valence-electron chi connectivity index (χ2n) is 4.60. The molecule has 0 spiro atoms. The Balaban J connectivity index is 2.78. The predicted octanol–water partition coefficient (Wildman–Crippen LogP) is 2.93. The molecule has 0 radical (unpaired) electrons. The van der Waals surface area contributed by atoms with Gasteiger partial charge >= 0.3 is 5.97 Å². The number of hydrogen-bond acceptors (Lipinski definition) is 3. The summed E-state index contributed by atoms with van der Waals surface area (Å²) in [6, 6.07) is 0. The number of rotatable bonds is 6. The largest absolute Gasteiger partial charge is 0.465 e. The van der Waals surface area contributed by atoms with Crippen molar-refractivity contribution in [3.8, 4) is 0 Å². The van der Waals surface area contributed by atoms with Crippen molar-refractivity contribution in [2.24, 2.45) is 5.41 Å². The van der Waals surface area contributed by atoms with E-state index in [1.807, 2.05) is 6.92 Å². The van der Waals surface area contributed by atoms with Gasteiger partial charge in [-0.3, -0.25) is 4.79 Å². The lowest BCUT2D eigenvalue weighted by Crippen LogP contribution is -2.40. The molecule has 1 aliphatic carbocycles. The van der Waals surface area contributed by atoms with E-state index in [-0.39, 0.29) is 17.5 Å². The first-order valence-corrected chi connectivity index (χ1v) is 6.41. The smallest absolute Gasteiger partial charge is 0.314 e. The zero-order valence-corrected chi connectivity index (χ0v) is 10.8. The van der Waals surface area contributed by atoms with Crippen LogP contribution >= 0.6 is 0 Å². The van der Waals surface area contributed by atoms with Crippen LogP contribution < -0.4 is 0 Å². The van der Waals surface area contributed by atoms with Crippen LogP contribution in [-0.4, -0.2) is 25.8 Å². The molecule has 16 heavy (non-hydrogen) atoms. The first-order chi connectivity index (χ1) is 7.71. The van der Waals surface area contributed by atoms with E-state index in [1.54, 1.807) is 7.11 Å². The highest BCUT2D eigenvalue weighted by atomic mass is 16.5. The van der Waals surface area contributed by atoms with E-state index in [9.17, 15) is 4.79 Å². The summed E-state index contributed by atoms with van der Waals surface area (Å²) in [5, 5.41) is 0. The molecule has 0 N–H and O–H groups in total. The number of carbonyl (C=O) groups excluding carboxylic acids is 1. The van der Waals surface area contributed by atoms with Gasteiger partial charge in [0, 0.05) is 7.11 Å². The molecular weight excluding hydrogens is 204 g/mol. The molecule has 1 fully saturated rings. The van der Waals surface area contributed by atoms with Gasteiger partial charge in [0.05, 0.1) is 18.1 Å². The highest BCUT2D eigenvalue weighted by Gasteiger charge is 2.49. The molecule has 2 atom stereocenters. The Kier molecular flexibility index (Phi) is 5.26. The monoisotopic (exact) mass is 228 g/mol. The van der Waals surface area contributed by atoms with Crippen LogP contribution in [0.2, 0.25) is 0 Å². The van der Waals surface area contributed by atoms with E-state index < -0.39 is 0 Å². The summed E-state index contributed by atoms with van der Waals surface area (Å²) in [5.41, 5.74) is -0.360. The van der Waals surface area contributed by atoms with E-state index in [2.05, 4.69) is 6.92 Å². The predicted molar refractivity (Wildman–Crippen MR) is 63.2 cm³/mol. The van der Waals surface area contributed by atoms with Gasteiger partial charge in [-0.05, 0) is 32.6 Å². The fourth-order valence-electron chi connectivity index (χ4n) is 2.77. The molecule has 0 aromatic carbocycles. The van der Waals surface area contributed by atoms with Gasteiger partial charge in [-0.15, -0.1) is 0 Å². The third-order valence-corrected chi connectivity index (χ3v) is 3.65. The summed E-state index contributed by atoms with van der Waals surface area (Å²) in [5.74, 6) is -0.0483. The van der Waals surface area contributed by atoms with Gasteiger partial charge in [0.15, 0.2) is 0 Å². The van der Waals surface area contributed by atoms with Crippen LogP contribution in [0.1, 0.15) is 52.4 Å². The average Bonchev–Trinajstić information content (AvgIpc) is 2.70. The Hall–Kier alpha value is -0.570. The van der Waals surface area contributed by atoms with Gasteiger partial charge in [-0.2, -0.15) is 0 Å². The maximum absolute atomic E-state index is 12.1. The maximum atomic E-state index is 12.1. The first-order valence-electron chi connectivity index (χ1n) is 6.41. The summed E-state index contributed by atoms with van der Waals surface area (Å²) in [4.78, 5) is 12.1. The van der Waals surface area contributed by atoms with E-state index >= 15 is 0 Å². The maximum Gasteiger partial charge on any atom is 0.314 e. The van der Waals surface area contributed by atoms with Crippen LogP contribution in [0.3, 0.4) is 0 Å². The van der Waals surface area contributed by atoms with E-state index in [4.69, 9.17) is 9.47 Å². The quantitative estimate of drug-likeness (QED) is 0.656. The van der Waals surface area contributed by atoms with E-state index in [1.165, 1.54) is 0 Å². The highest BCUT2D eigenvalue weighted by molar-refractivity contribution is 5.78. The molecule has 1 rings (SSSR count). The second kappa shape index (κ2) is 6.24. The standard InChI is InChI=1S/C13H24O3/c1-4-6-9-13(12(14)16-5-2)10-7-8-11(13)15-3/h11H,4-10H2,1-3H3. The molecule has 0 bridgehead atoms. The van der Waals surface area contributed by atoms with Crippen molar-refractivity contribution in [3.05, 3.63) is 0 Å². The molecule has 1 aliphatic rings. The fourth-order valence-corrected chi connectivity index (χ4v) is 2.77. The van der Waals surface area contributed by atoms with Gasteiger partial charge in [0.25, 0.3) is 0 Å². The summed E-state index contributed by atoms with van der Waals surface area (Å²) in [6.45, 7) is 4.47. The lowest BCUT2D eigenvalue weighted by atomic mass is 9.79. The third kappa shape index (κ3) is 2.57. The normalized spacial score (nSPS) is 29.3. The van der Waals surface area contributed by atoms with E-state index in [0.29, 0.717) is 6.61 Å². The molecule has 3 nitrogen and oxygen atoms in total. The van der Waals surface area contributed by atoms with Gasteiger partial charge in [-0.1, -0.05) is 19.8 Å². The van der Waals surface area contributed by atoms with Gasteiger partial charge in [-0.25, -0.2) is 0 Å². The molecule has 2 unspecified atom stereocenters. The zero-order chi connectivity index (χ0) is 12.0. The van der Waals surface area contributed by atoms with Crippen molar-refractivity contribution in [3.63, 3.8) is 0 Å². The molecular formula is C13H24O3. The Labute approximate surface area is 98.5 Å². The van der Waals surface area contributed by atoms with Crippen molar-refractivity contribution in [1.82, 2.24) is 0 Å². The summed E-state index contributed by atoms with van der Waals surface area (Å²) >= 11 is 0. The Bertz CT molecular complexity index is 227. The molecule has 0 aromatic rings. The van der Waals surface area contributed by atoms with Crippen LogP contribution in [0.15, 0.2) is 0 Å². The highest BCUT2D eigenvalue weighted by Crippen LogP contribution is 2.45. The molecule has 0 aromatic heterocycles. The van der Waals surface area contributed by atoms with Crippen LogP contribution in [0.4, 0.5) is 0 Å². The summed E-state index contributed by atoms with van der Waals surface area (Å²) in [7, 11) is 1.70. The van der Waals surface area contributed by atoms with E-state index in [0.717, 1.165) is 38.5 Å². The van der Waals surface area contributed by atoms with Crippen LogP contribution in [0.5, 0.6) is 0 Å². The molecule has 0 amide bonds. The minimum absolute atomic E-state index is 0.0483. The molecule has 0 aliphatic heterocycles. The van der Waals surface area contributed by atoms with Crippen molar-refractivity contribution in [1.29, 1.82) is 0 Å². The molecule has 0 heterocycles. The average molecular weight is 228 g/mol. The van der Waals surface area contributed by atoms with Crippen LogP contribution in [-0.2, 0) is 14.3 Å². The number of esters is 1. The first kappa shape index (κ1) is 13.5. The summed E-state index contributed by atoms with van der Waals surface area (Å²) in [6.07, 6.45) is 6.11. The molecule has 94 valence electrons. The molecule has 1 saturated carbocycles. The number of methoxy groups -OCH3 is 1. The number of ether oxygens (including phenoxy) is 2. The molecule has 0 saturated heterocycles. The Morgan fingerprint density at radius 2 is 2.19 bits per heavy atom. The van der Waals surface area contributed by atoms with Crippen molar-refractivity contribution >= 4 is 5.97 Å². The van der Waals surface area contributed by atoms with Crippen molar-refractivity contribution in [2.45, 2.75) is 58.5 Å². The minimum atomic E-state index is -0.360. The second-order valence-corrected chi connectivity index (χ2v) is 4.60. The minimum Gasteiger partial charge on any atom is -0.465 e. The van der Waals surface area contributed by atoms with Gasteiger partial charge in [0.2, 0.25) is 0 Å². The number of unbranched alkanes of at least 4 members (excludes halogenated alkanes) is 1. The lowest BCUT2D eigenvalue weighted by molar-refractivity contribution is -0.163. The molecule has 3 heteroatoms. The SMILES string of the molecule is CCCCC1(C(=O)OCC)CCCC1OC. The Morgan fingerprint density at radius 3 is 2.75 bits per heavy atom. The summed E-state index contributed by atoms with van der Waals surface area (Å²) < 4.78 is 10.7. The van der Waals surface area contributed by atoms with Crippen LogP contribution in [0.25, 0.3) is 0 Å². The fraction of sp³-hybridized carbons (Fsp3) is 0.923. The number of hydrogen-bond donors (Lipinski definition) is 0. The Morgan fingerprint density at radius 1 is 1.44 bits per heavy atom. The van der Waals surface area contributed by atoms with Crippen molar-refractivity contribution < 1.29 is 14.3 Å². The number of carbonyl (C=O) groups is 1. The van der Waals surface area contributed by atoms with Crippen LogP contribution in [0, 0.1) is 5.41 Å². The topological polar surface area (TPSA) is 35.5 Å². The zero-order valence-electron chi connectivity index (χ0n) is 10.8. The van der Waals surface area contributed by atoms with Gasteiger partial charge < -0.3 is 9.47 Å². The lowest BCUT2D eigenvalue weighted by Gasteiger charge is -2.32.